The van der Waals surface area contributed by atoms with Crippen LogP contribution >= 0.6 is 11.6 Å². The van der Waals surface area contributed by atoms with E-state index in [1.165, 1.54) is 0 Å². The second-order valence-corrected chi connectivity index (χ2v) is 5.75. The second kappa shape index (κ2) is 6.57. The molecular formula is C15H22ClN3O. The molecule has 1 aromatic carbocycles. The van der Waals surface area contributed by atoms with Crippen molar-refractivity contribution in [2.75, 3.05) is 26.2 Å². The van der Waals surface area contributed by atoms with Crippen LogP contribution in [0.25, 0.3) is 0 Å². The van der Waals surface area contributed by atoms with E-state index in [0.717, 1.165) is 36.8 Å². The van der Waals surface area contributed by atoms with Crippen molar-refractivity contribution >= 4 is 17.5 Å². The van der Waals surface area contributed by atoms with Gasteiger partial charge in [-0.15, -0.1) is 0 Å². The van der Waals surface area contributed by atoms with Crippen LogP contribution in [0.2, 0.25) is 5.02 Å². The van der Waals surface area contributed by atoms with Crippen molar-refractivity contribution in [3.8, 4) is 0 Å². The van der Waals surface area contributed by atoms with Crippen LogP contribution in [0.3, 0.4) is 0 Å². The van der Waals surface area contributed by atoms with E-state index in [9.17, 15) is 4.79 Å². The molecule has 20 heavy (non-hydrogen) atoms. The molecule has 5 heteroatoms. The first-order chi connectivity index (χ1) is 9.50. The maximum Gasteiger partial charge on any atom is 0.234 e. The number of benzene rings is 1. The normalized spacial score (nSPS) is 20.6. The van der Waals surface area contributed by atoms with E-state index in [2.05, 4.69) is 22.8 Å². The van der Waals surface area contributed by atoms with E-state index in [1.807, 2.05) is 25.1 Å². The molecule has 1 aliphatic heterocycles. The quantitative estimate of drug-likeness (QED) is 0.923. The number of carbonyl (C=O) groups is 1. The lowest BCUT2D eigenvalue weighted by Crippen LogP contribution is -2.53. The van der Waals surface area contributed by atoms with E-state index in [4.69, 9.17) is 17.3 Å². The SMILES string of the molecule is C[C@H](c1ccccc1Cl)N1CCN([C@@H](C)C(N)=O)CC1. The van der Waals surface area contributed by atoms with Crippen LogP contribution in [0.1, 0.15) is 25.5 Å². The van der Waals surface area contributed by atoms with Crippen molar-refractivity contribution in [2.45, 2.75) is 25.9 Å². The highest BCUT2D eigenvalue weighted by Gasteiger charge is 2.27. The van der Waals surface area contributed by atoms with Gasteiger partial charge in [-0.1, -0.05) is 29.8 Å². The zero-order valence-electron chi connectivity index (χ0n) is 12.1. The smallest absolute Gasteiger partial charge is 0.234 e. The Labute approximate surface area is 125 Å². The molecule has 0 bridgehead atoms. The molecule has 0 aliphatic carbocycles. The van der Waals surface area contributed by atoms with E-state index in [-0.39, 0.29) is 18.0 Å². The third-order valence-corrected chi connectivity index (χ3v) is 4.56. The van der Waals surface area contributed by atoms with Crippen molar-refractivity contribution in [1.82, 2.24) is 9.80 Å². The summed E-state index contributed by atoms with van der Waals surface area (Å²) in [7, 11) is 0. The van der Waals surface area contributed by atoms with Gasteiger partial charge in [0.25, 0.3) is 0 Å². The van der Waals surface area contributed by atoms with E-state index in [1.54, 1.807) is 0 Å². The third-order valence-electron chi connectivity index (χ3n) is 4.21. The molecule has 0 unspecified atom stereocenters. The maximum absolute atomic E-state index is 11.2. The van der Waals surface area contributed by atoms with Crippen LogP contribution in [0.15, 0.2) is 24.3 Å². The van der Waals surface area contributed by atoms with Crippen molar-refractivity contribution in [3.63, 3.8) is 0 Å². The maximum atomic E-state index is 11.2. The Hall–Kier alpha value is -1.10. The molecule has 1 aliphatic rings. The van der Waals surface area contributed by atoms with Crippen molar-refractivity contribution in [3.05, 3.63) is 34.9 Å². The predicted octanol–water partition coefficient (Wildman–Crippen LogP) is 1.89. The molecular weight excluding hydrogens is 274 g/mol. The molecule has 0 spiro atoms. The number of nitrogens with zero attached hydrogens (tertiary/aromatic N) is 2. The van der Waals surface area contributed by atoms with Crippen LogP contribution < -0.4 is 5.73 Å². The molecule has 0 saturated carbocycles. The number of hydrogen-bond acceptors (Lipinski definition) is 3. The Bertz CT molecular complexity index is 472. The average molecular weight is 296 g/mol. The lowest BCUT2D eigenvalue weighted by molar-refractivity contribution is -0.123. The zero-order chi connectivity index (χ0) is 14.7. The highest BCUT2D eigenvalue weighted by molar-refractivity contribution is 6.31. The van der Waals surface area contributed by atoms with Crippen LogP contribution in [0.4, 0.5) is 0 Å². The van der Waals surface area contributed by atoms with Crippen molar-refractivity contribution in [1.29, 1.82) is 0 Å². The minimum absolute atomic E-state index is 0.187. The fourth-order valence-corrected chi connectivity index (χ4v) is 3.00. The van der Waals surface area contributed by atoms with Gasteiger partial charge >= 0.3 is 0 Å². The summed E-state index contributed by atoms with van der Waals surface area (Å²) in [5.74, 6) is -0.252. The number of amides is 1. The molecule has 1 fully saturated rings. The molecule has 0 radical (unpaired) electrons. The van der Waals surface area contributed by atoms with Gasteiger partial charge in [-0.3, -0.25) is 14.6 Å². The third kappa shape index (κ3) is 3.32. The summed E-state index contributed by atoms with van der Waals surface area (Å²) in [6, 6.07) is 8.07. The van der Waals surface area contributed by atoms with Gasteiger partial charge in [0.05, 0.1) is 6.04 Å². The molecule has 2 N–H and O–H groups in total. The Morgan fingerprint density at radius 3 is 2.25 bits per heavy atom. The summed E-state index contributed by atoms with van der Waals surface area (Å²) >= 11 is 6.26. The van der Waals surface area contributed by atoms with E-state index in [0.29, 0.717) is 0 Å². The summed E-state index contributed by atoms with van der Waals surface area (Å²) in [6.07, 6.45) is 0. The molecule has 1 aromatic rings. The Morgan fingerprint density at radius 2 is 1.70 bits per heavy atom. The van der Waals surface area contributed by atoms with Gasteiger partial charge in [0.1, 0.15) is 0 Å². The number of carbonyl (C=O) groups excluding carboxylic acids is 1. The Morgan fingerprint density at radius 1 is 1.15 bits per heavy atom. The van der Waals surface area contributed by atoms with Crippen LogP contribution in [0, 0.1) is 0 Å². The fraction of sp³-hybridized carbons (Fsp3) is 0.533. The number of hydrogen-bond donors (Lipinski definition) is 1. The summed E-state index contributed by atoms with van der Waals surface area (Å²) in [6.45, 7) is 7.61. The minimum atomic E-state index is -0.252. The molecule has 1 heterocycles. The molecule has 2 atom stereocenters. The van der Waals surface area contributed by atoms with Crippen LogP contribution in [0.5, 0.6) is 0 Å². The van der Waals surface area contributed by atoms with Gasteiger partial charge in [0.2, 0.25) is 5.91 Å². The molecule has 110 valence electrons. The molecule has 4 nitrogen and oxygen atoms in total. The number of primary amides is 1. The monoisotopic (exact) mass is 295 g/mol. The summed E-state index contributed by atoms with van der Waals surface area (Å²) in [5, 5.41) is 0.813. The molecule has 2 rings (SSSR count). The van der Waals surface area contributed by atoms with Gasteiger partial charge in [-0.05, 0) is 25.5 Å². The Balaban J connectivity index is 1.97. The van der Waals surface area contributed by atoms with Crippen LogP contribution in [-0.4, -0.2) is 47.9 Å². The van der Waals surface area contributed by atoms with E-state index >= 15 is 0 Å². The highest BCUT2D eigenvalue weighted by atomic mass is 35.5. The van der Waals surface area contributed by atoms with Crippen LogP contribution in [-0.2, 0) is 4.79 Å². The van der Waals surface area contributed by atoms with Gasteiger partial charge in [0, 0.05) is 37.2 Å². The average Bonchev–Trinajstić information content (AvgIpc) is 2.46. The second-order valence-electron chi connectivity index (χ2n) is 5.35. The standard InChI is InChI=1S/C15H22ClN3O/c1-11(13-5-3-4-6-14(13)16)18-7-9-19(10-8-18)12(2)15(17)20/h3-6,11-12H,7-10H2,1-2H3,(H2,17,20)/t11-,12+/m1/s1. The minimum Gasteiger partial charge on any atom is -0.368 e. The van der Waals surface area contributed by atoms with Gasteiger partial charge < -0.3 is 5.73 Å². The number of nitrogens with two attached hydrogens (primary N) is 1. The lowest BCUT2D eigenvalue weighted by atomic mass is 10.1. The van der Waals surface area contributed by atoms with Crippen molar-refractivity contribution in [2.24, 2.45) is 5.73 Å². The van der Waals surface area contributed by atoms with Gasteiger partial charge in [0.15, 0.2) is 0 Å². The fourth-order valence-electron chi connectivity index (χ4n) is 2.70. The number of rotatable bonds is 4. The lowest BCUT2D eigenvalue weighted by Gasteiger charge is -2.40. The first-order valence-corrected chi connectivity index (χ1v) is 7.40. The molecule has 1 amide bonds. The summed E-state index contributed by atoms with van der Waals surface area (Å²) in [5.41, 5.74) is 6.52. The van der Waals surface area contributed by atoms with E-state index < -0.39 is 0 Å². The summed E-state index contributed by atoms with van der Waals surface area (Å²) in [4.78, 5) is 15.8. The largest absolute Gasteiger partial charge is 0.368 e. The first-order valence-electron chi connectivity index (χ1n) is 7.02. The number of piperazine rings is 1. The van der Waals surface area contributed by atoms with Crippen molar-refractivity contribution < 1.29 is 4.79 Å². The highest BCUT2D eigenvalue weighted by Crippen LogP contribution is 2.27. The summed E-state index contributed by atoms with van der Waals surface area (Å²) < 4.78 is 0. The first kappa shape index (κ1) is 15.3. The molecule has 0 aromatic heterocycles. The molecule has 1 saturated heterocycles. The predicted molar refractivity (Wildman–Crippen MR) is 81.7 cm³/mol. The van der Waals surface area contributed by atoms with Gasteiger partial charge in [-0.2, -0.15) is 0 Å². The number of halogens is 1. The van der Waals surface area contributed by atoms with Gasteiger partial charge in [-0.25, -0.2) is 0 Å². The Kier molecular flexibility index (Phi) is 5.02. The topological polar surface area (TPSA) is 49.6 Å². The zero-order valence-corrected chi connectivity index (χ0v) is 12.8.